The molecule has 8 rings (SSSR count). The maximum absolute atomic E-state index is 12.3. The molecule has 0 aliphatic heterocycles. The number of alkyl halides is 1. The van der Waals surface area contributed by atoms with Crippen LogP contribution in [0.4, 0.5) is 11.4 Å². The SMILES string of the molecule is BrCc1cccc(-c2nn[nH]n2)c1.[C-]#[N+]c1c(-c2cccs2)[nH]c(=S)[nH]c1=O.[C-]#[N+]c1c(-c2cccs2)nc(SCc2cccc(-c3nn[nH]n3)c2)[nH]c1=O. The molecule has 0 fully saturated rings. The van der Waals surface area contributed by atoms with Crippen molar-refractivity contribution in [3.8, 4) is 43.9 Å². The summed E-state index contributed by atoms with van der Waals surface area (Å²) in [5.41, 5.74) is 4.16. The van der Waals surface area contributed by atoms with Gasteiger partial charge in [-0.3, -0.25) is 9.59 Å². The van der Waals surface area contributed by atoms with Gasteiger partial charge in [0.25, 0.3) is 22.5 Å². The largest absolute Gasteiger partial charge is 0.340 e. The molecule has 0 radical (unpaired) electrons. The number of nitrogens with zero attached hydrogens (tertiary/aromatic N) is 9. The van der Waals surface area contributed by atoms with Crippen LogP contribution in [0.15, 0.2) is 98.3 Å². The summed E-state index contributed by atoms with van der Waals surface area (Å²) in [7, 11) is 0. The van der Waals surface area contributed by atoms with E-state index >= 15 is 0 Å². The molecule has 0 aliphatic carbocycles. The van der Waals surface area contributed by atoms with E-state index in [0.29, 0.717) is 33.9 Å². The van der Waals surface area contributed by atoms with Crippen molar-refractivity contribution in [1.82, 2.24) is 61.2 Å². The van der Waals surface area contributed by atoms with Crippen LogP contribution >= 0.6 is 62.6 Å². The molecule has 0 unspecified atom stereocenters. The van der Waals surface area contributed by atoms with Crippen LogP contribution in [0.25, 0.3) is 53.6 Å². The zero-order valence-corrected chi connectivity index (χ0v) is 32.7. The van der Waals surface area contributed by atoms with Crippen LogP contribution in [-0.4, -0.2) is 61.2 Å². The minimum Gasteiger partial charge on any atom is -0.340 e. The van der Waals surface area contributed by atoms with Crippen molar-refractivity contribution in [2.75, 3.05) is 0 Å². The van der Waals surface area contributed by atoms with Crippen molar-refractivity contribution in [3.63, 3.8) is 0 Å². The van der Waals surface area contributed by atoms with Crippen LogP contribution < -0.4 is 11.1 Å². The molecule has 6 aromatic heterocycles. The number of nitrogens with one attached hydrogen (secondary N) is 5. The molecule has 0 atom stereocenters. The van der Waals surface area contributed by atoms with E-state index in [4.69, 9.17) is 25.4 Å². The summed E-state index contributed by atoms with van der Waals surface area (Å²) >= 11 is 12.5. The Kier molecular flexibility index (Phi) is 13.1. The third-order valence-electron chi connectivity index (χ3n) is 7.13. The molecule has 0 amide bonds. The second-order valence-electron chi connectivity index (χ2n) is 10.7. The van der Waals surface area contributed by atoms with Gasteiger partial charge >= 0.3 is 0 Å². The van der Waals surface area contributed by atoms with Crippen molar-refractivity contribution in [1.29, 1.82) is 0 Å². The molecule has 5 N–H and O–H groups in total. The Labute approximate surface area is 336 Å². The number of hydrogen-bond acceptors (Lipinski definition) is 13. The summed E-state index contributed by atoms with van der Waals surface area (Å²) in [6.07, 6.45) is 0. The second kappa shape index (κ2) is 18.7. The topological polar surface area (TPSA) is 212 Å². The number of thioether (sulfide) groups is 1. The van der Waals surface area contributed by atoms with Crippen molar-refractivity contribution in [3.05, 3.63) is 143 Å². The standard InChI is InChI=1S/C17H11N7OS2.C9H5N3OS2.C8H7BrN4/c1-18-14-13(12-6-3-7-26-12)19-17(20-16(14)25)27-9-10-4-2-5-11(8-10)15-21-23-24-22-15;1-10-7-6(5-3-2-4-15-5)11-9(14)12-8(7)13;9-5-6-2-1-3-7(4-6)8-10-12-13-11-8/h2-8H,9H2,(H,19,20,25)(H,21,22,23,24);2-4H,(H2,11,12,13,14);1-4H,5H2,(H,10,11,12,13). The highest BCUT2D eigenvalue weighted by molar-refractivity contribution is 9.08. The van der Waals surface area contributed by atoms with Gasteiger partial charge in [-0.1, -0.05) is 76.2 Å². The number of benzene rings is 2. The van der Waals surface area contributed by atoms with Crippen LogP contribution in [0.5, 0.6) is 0 Å². The Morgan fingerprint density at radius 3 is 1.91 bits per heavy atom. The molecule has 272 valence electrons. The lowest BCUT2D eigenvalue weighted by atomic mass is 10.1. The molecule has 0 spiro atoms. The van der Waals surface area contributed by atoms with Gasteiger partial charge in [-0.25, -0.2) is 14.7 Å². The third kappa shape index (κ3) is 9.85. The van der Waals surface area contributed by atoms with Gasteiger partial charge in [-0.15, -0.1) is 43.1 Å². The van der Waals surface area contributed by atoms with Crippen LogP contribution in [0.1, 0.15) is 11.1 Å². The van der Waals surface area contributed by atoms with E-state index in [2.05, 4.69) is 86.8 Å². The van der Waals surface area contributed by atoms with E-state index in [9.17, 15) is 9.59 Å². The molecule has 6 heterocycles. The molecule has 16 nitrogen and oxygen atoms in total. The van der Waals surface area contributed by atoms with E-state index in [-0.39, 0.29) is 16.1 Å². The highest BCUT2D eigenvalue weighted by Crippen LogP contribution is 2.32. The number of hydrogen-bond donors (Lipinski definition) is 5. The summed E-state index contributed by atoms with van der Waals surface area (Å²) in [5, 5.41) is 32.8. The summed E-state index contributed by atoms with van der Waals surface area (Å²) < 4.78 is 0.232. The van der Waals surface area contributed by atoms with Gasteiger partial charge in [-0.05, 0) is 68.8 Å². The number of rotatable bonds is 8. The van der Waals surface area contributed by atoms with Gasteiger partial charge in [0.2, 0.25) is 11.6 Å². The zero-order valence-electron chi connectivity index (χ0n) is 27.8. The molecule has 0 saturated carbocycles. The highest BCUT2D eigenvalue weighted by atomic mass is 79.9. The van der Waals surface area contributed by atoms with Gasteiger partial charge in [0.15, 0.2) is 9.93 Å². The normalized spacial score (nSPS) is 10.3. The molecule has 0 saturated heterocycles. The predicted octanol–water partition coefficient (Wildman–Crippen LogP) is 7.99. The van der Waals surface area contributed by atoms with E-state index in [1.165, 1.54) is 40.0 Å². The first-order valence-electron chi connectivity index (χ1n) is 15.5. The Bertz CT molecular complexity index is 2750. The van der Waals surface area contributed by atoms with Gasteiger partial charge < -0.3 is 15.0 Å². The van der Waals surface area contributed by atoms with E-state index in [0.717, 1.165) is 31.8 Å². The summed E-state index contributed by atoms with van der Waals surface area (Å²) in [4.78, 5) is 44.3. The lowest BCUT2D eigenvalue weighted by molar-refractivity contribution is 0.881. The number of halogens is 1. The Balaban J connectivity index is 0.000000155. The quantitative estimate of drug-likeness (QED) is 0.0325. The first-order chi connectivity index (χ1) is 26.9. The zero-order chi connectivity index (χ0) is 38.6. The van der Waals surface area contributed by atoms with Gasteiger partial charge in [0.1, 0.15) is 0 Å². The fourth-order valence-corrected chi connectivity index (χ4v) is 7.49. The number of thiophene rings is 2. The lowest BCUT2D eigenvalue weighted by Crippen LogP contribution is -2.09. The van der Waals surface area contributed by atoms with E-state index < -0.39 is 11.1 Å². The predicted molar refractivity (Wildman–Crippen MR) is 218 cm³/mol. The van der Waals surface area contributed by atoms with Gasteiger partial charge in [0, 0.05) is 32.0 Å². The summed E-state index contributed by atoms with van der Waals surface area (Å²) in [6.45, 7) is 14.2. The van der Waals surface area contributed by atoms with Crippen LogP contribution in [0, 0.1) is 17.9 Å². The van der Waals surface area contributed by atoms with Gasteiger partial charge in [0.05, 0.1) is 24.5 Å². The highest BCUT2D eigenvalue weighted by Gasteiger charge is 2.15. The number of H-pyrrole nitrogens is 5. The summed E-state index contributed by atoms with van der Waals surface area (Å²) in [5.74, 6) is 1.74. The fraction of sp³-hybridized carbons (Fsp3) is 0.0588. The molecule has 21 heteroatoms. The Morgan fingerprint density at radius 2 is 1.35 bits per heavy atom. The third-order valence-corrected chi connectivity index (χ3v) is 10.7. The van der Waals surface area contributed by atoms with Crippen LogP contribution in [-0.2, 0) is 11.1 Å². The lowest BCUT2D eigenvalue weighted by Gasteiger charge is -2.06. The number of aromatic amines is 5. The van der Waals surface area contributed by atoms with Crippen LogP contribution in [0.3, 0.4) is 0 Å². The minimum atomic E-state index is -0.447. The number of aromatic nitrogens is 12. The van der Waals surface area contributed by atoms with Gasteiger partial charge in [-0.2, -0.15) is 10.4 Å². The van der Waals surface area contributed by atoms with E-state index in [1.807, 2.05) is 83.6 Å². The summed E-state index contributed by atoms with van der Waals surface area (Å²) in [6, 6.07) is 23.2. The monoisotopic (exact) mass is 866 g/mol. The molecule has 2 aromatic carbocycles. The molecule has 0 aliphatic rings. The second-order valence-corrected chi connectivity index (χ2v) is 14.5. The van der Waals surface area contributed by atoms with Crippen molar-refractivity contribution in [2.24, 2.45) is 0 Å². The van der Waals surface area contributed by atoms with Crippen molar-refractivity contribution < 1.29 is 0 Å². The molecule has 55 heavy (non-hydrogen) atoms. The smallest absolute Gasteiger partial charge is 0.276 e. The van der Waals surface area contributed by atoms with E-state index in [1.54, 1.807) is 0 Å². The van der Waals surface area contributed by atoms with Crippen molar-refractivity contribution in [2.45, 2.75) is 16.2 Å². The minimum absolute atomic E-state index is 0.0147. The fourth-order valence-electron chi connectivity index (χ4n) is 4.70. The molecular weight excluding hydrogens is 845 g/mol. The first kappa shape index (κ1) is 38.5. The number of tetrazole rings is 2. The molecule has 8 aromatic rings. The van der Waals surface area contributed by atoms with Crippen LogP contribution in [0.2, 0.25) is 0 Å². The first-order valence-corrected chi connectivity index (χ1v) is 19.8. The molecule has 0 bridgehead atoms. The average Bonchev–Trinajstić information content (AvgIpc) is 4.06. The maximum atomic E-state index is 12.3. The average molecular weight is 868 g/mol. The molecular formula is C34H23BrN14O2S4. The Hall–Kier alpha value is -6.23. The Morgan fingerprint density at radius 1 is 0.745 bits per heavy atom. The van der Waals surface area contributed by atoms with Crippen molar-refractivity contribution >= 4 is 74.0 Å². The maximum Gasteiger partial charge on any atom is 0.276 e.